The maximum absolute atomic E-state index is 13.1. The number of thiazole rings is 1. The van der Waals surface area contributed by atoms with Crippen LogP contribution in [0.5, 0.6) is 5.75 Å². The molecule has 1 amide bonds. The number of halogens is 2. The minimum Gasteiger partial charge on any atom is -0.494 e. The average molecular weight is 502 g/mol. The molecule has 0 unspecified atom stereocenters. The molecular weight excluding hydrogens is 481 g/mol. The predicted molar refractivity (Wildman–Crippen MR) is 126 cm³/mol. The van der Waals surface area contributed by atoms with Crippen molar-refractivity contribution in [3.05, 3.63) is 46.4 Å². The zero-order valence-electron chi connectivity index (χ0n) is 17.1. The average Bonchev–Trinajstić information content (AvgIpc) is 3.14. The number of fused-ring (bicyclic) bond motifs is 1. The molecule has 31 heavy (non-hydrogen) atoms. The molecule has 0 saturated carbocycles. The molecule has 7 nitrogen and oxygen atoms in total. The SMILES string of the molecule is COc1ccc(Cl)c2sc(N(CCN(C)C)C(=O)CS(=O)(=O)c3ccc(Cl)cc3)nc12. The molecule has 0 bridgehead atoms. The van der Waals surface area contributed by atoms with Gasteiger partial charge in [0.05, 0.1) is 21.7 Å². The summed E-state index contributed by atoms with van der Waals surface area (Å²) in [6, 6.07) is 9.12. The van der Waals surface area contributed by atoms with Gasteiger partial charge in [0.25, 0.3) is 0 Å². The number of hydrogen-bond acceptors (Lipinski definition) is 7. The van der Waals surface area contributed by atoms with Crippen LogP contribution in [0.15, 0.2) is 41.3 Å². The van der Waals surface area contributed by atoms with Crippen molar-refractivity contribution in [1.82, 2.24) is 9.88 Å². The van der Waals surface area contributed by atoms with E-state index in [4.69, 9.17) is 27.9 Å². The number of sulfone groups is 1. The van der Waals surface area contributed by atoms with Crippen molar-refractivity contribution < 1.29 is 17.9 Å². The van der Waals surface area contributed by atoms with Gasteiger partial charge in [-0.05, 0) is 50.5 Å². The van der Waals surface area contributed by atoms with Crippen LogP contribution in [0.2, 0.25) is 10.0 Å². The van der Waals surface area contributed by atoms with Crippen LogP contribution in [0.4, 0.5) is 5.13 Å². The molecular formula is C20H21Cl2N3O4S2. The Hall–Kier alpha value is -1.91. The molecule has 0 atom stereocenters. The first-order valence-corrected chi connectivity index (χ1v) is 12.4. The number of benzene rings is 2. The lowest BCUT2D eigenvalue weighted by atomic mass is 10.3. The number of nitrogens with zero attached hydrogens (tertiary/aromatic N) is 3. The van der Waals surface area contributed by atoms with Crippen LogP contribution in [0.25, 0.3) is 10.2 Å². The number of carbonyl (C=O) groups excluding carboxylic acids is 1. The van der Waals surface area contributed by atoms with Crippen molar-refractivity contribution in [2.24, 2.45) is 0 Å². The zero-order chi connectivity index (χ0) is 22.8. The number of aromatic nitrogens is 1. The quantitative estimate of drug-likeness (QED) is 0.464. The summed E-state index contributed by atoms with van der Waals surface area (Å²) in [6.45, 7) is 0.787. The van der Waals surface area contributed by atoms with Gasteiger partial charge in [-0.3, -0.25) is 9.69 Å². The Balaban J connectivity index is 1.97. The maximum atomic E-state index is 13.1. The summed E-state index contributed by atoms with van der Waals surface area (Å²) in [5, 5.41) is 1.26. The summed E-state index contributed by atoms with van der Waals surface area (Å²) in [6.07, 6.45) is 0. The third-order valence-corrected chi connectivity index (χ3v) is 7.86. The second-order valence-corrected chi connectivity index (χ2v) is 10.8. The van der Waals surface area contributed by atoms with Crippen molar-refractivity contribution in [2.45, 2.75) is 4.90 Å². The largest absolute Gasteiger partial charge is 0.494 e. The summed E-state index contributed by atoms with van der Waals surface area (Å²) in [5.74, 6) is -0.746. The lowest BCUT2D eigenvalue weighted by Crippen LogP contribution is -2.40. The standard InChI is InChI=1S/C20H21Cl2N3O4S2/c1-24(2)10-11-25(17(26)12-31(27,28)14-6-4-13(21)5-7-14)20-23-18-16(29-3)9-8-15(22)19(18)30-20/h4-9H,10-12H2,1-3H3. The highest BCUT2D eigenvalue weighted by Crippen LogP contribution is 2.38. The van der Waals surface area contributed by atoms with Crippen molar-refractivity contribution in [1.29, 1.82) is 0 Å². The molecule has 0 spiro atoms. The lowest BCUT2D eigenvalue weighted by molar-refractivity contribution is -0.116. The highest BCUT2D eigenvalue weighted by atomic mass is 35.5. The van der Waals surface area contributed by atoms with Crippen molar-refractivity contribution >= 4 is 65.6 Å². The molecule has 0 aliphatic carbocycles. The molecule has 3 aromatic rings. The molecule has 0 saturated heterocycles. The van der Waals surface area contributed by atoms with Gasteiger partial charge in [0.1, 0.15) is 17.0 Å². The van der Waals surface area contributed by atoms with E-state index in [1.807, 2.05) is 19.0 Å². The fourth-order valence-corrected chi connectivity index (χ4v) is 5.44. The van der Waals surface area contributed by atoms with Gasteiger partial charge in [-0.2, -0.15) is 0 Å². The minimum atomic E-state index is -3.86. The van der Waals surface area contributed by atoms with Crippen LogP contribution in [-0.2, 0) is 14.6 Å². The van der Waals surface area contributed by atoms with Gasteiger partial charge < -0.3 is 9.64 Å². The smallest absolute Gasteiger partial charge is 0.244 e. The maximum Gasteiger partial charge on any atom is 0.244 e. The van der Waals surface area contributed by atoms with E-state index < -0.39 is 21.5 Å². The van der Waals surface area contributed by atoms with Crippen LogP contribution in [-0.4, -0.2) is 64.3 Å². The first-order valence-electron chi connectivity index (χ1n) is 9.19. The molecule has 11 heteroatoms. The van der Waals surface area contributed by atoms with E-state index in [0.717, 1.165) is 0 Å². The summed E-state index contributed by atoms with van der Waals surface area (Å²) < 4.78 is 31.6. The van der Waals surface area contributed by atoms with E-state index in [2.05, 4.69) is 4.98 Å². The fraction of sp³-hybridized carbons (Fsp3) is 0.300. The number of anilines is 1. The Morgan fingerprint density at radius 1 is 1.10 bits per heavy atom. The van der Waals surface area contributed by atoms with Crippen LogP contribution < -0.4 is 9.64 Å². The summed E-state index contributed by atoms with van der Waals surface area (Å²) in [5.41, 5.74) is 0.526. The van der Waals surface area contributed by atoms with E-state index in [1.54, 1.807) is 12.1 Å². The number of rotatable bonds is 8. The number of likely N-dealkylation sites (N-methyl/N-ethyl adjacent to an activating group) is 1. The molecule has 1 aromatic heterocycles. The van der Waals surface area contributed by atoms with Gasteiger partial charge >= 0.3 is 0 Å². The lowest BCUT2D eigenvalue weighted by Gasteiger charge is -2.22. The molecule has 0 fully saturated rings. The summed E-state index contributed by atoms with van der Waals surface area (Å²) in [4.78, 5) is 21.0. The number of carbonyl (C=O) groups is 1. The Labute approximate surface area is 195 Å². The van der Waals surface area contributed by atoms with Crippen LogP contribution in [0.3, 0.4) is 0 Å². The molecule has 2 aromatic carbocycles. The fourth-order valence-electron chi connectivity index (χ4n) is 2.81. The summed E-state index contributed by atoms with van der Waals surface area (Å²) >= 11 is 13.4. The van der Waals surface area contributed by atoms with Gasteiger partial charge in [0, 0.05) is 18.1 Å². The predicted octanol–water partition coefficient (Wildman–Crippen LogP) is 3.98. The molecule has 0 radical (unpaired) electrons. The van der Waals surface area contributed by atoms with E-state index in [0.29, 0.717) is 37.7 Å². The number of ether oxygens (including phenoxy) is 1. The molecule has 0 aliphatic rings. The van der Waals surface area contributed by atoms with Gasteiger partial charge in [-0.1, -0.05) is 34.5 Å². The Bertz CT molecular complexity index is 1200. The van der Waals surface area contributed by atoms with Gasteiger partial charge in [-0.15, -0.1) is 0 Å². The van der Waals surface area contributed by atoms with Crippen molar-refractivity contribution in [3.63, 3.8) is 0 Å². The van der Waals surface area contributed by atoms with Crippen LogP contribution in [0, 0.1) is 0 Å². The Morgan fingerprint density at radius 2 is 1.77 bits per heavy atom. The third-order valence-electron chi connectivity index (χ3n) is 4.46. The Morgan fingerprint density at radius 3 is 2.39 bits per heavy atom. The number of amides is 1. The molecule has 0 N–H and O–H groups in total. The highest BCUT2D eigenvalue weighted by Gasteiger charge is 2.27. The number of methoxy groups -OCH3 is 1. The van der Waals surface area contributed by atoms with Crippen LogP contribution in [0.1, 0.15) is 0 Å². The second kappa shape index (κ2) is 9.70. The van der Waals surface area contributed by atoms with E-state index in [1.165, 1.54) is 47.6 Å². The first-order chi connectivity index (χ1) is 14.6. The first kappa shape index (κ1) is 23.7. The Kier molecular flexibility index (Phi) is 7.43. The van der Waals surface area contributed by atoms with Crippen molar-refractivity contribution in [2.75, 3.05) is 44.9 Å². The number of hydrogen-bond donors (Lipinski definition) is 0. The molecule has 3 rings (SSSR count). The summed E-state index contributed by atoms with van der Waals surface area (Å²) in [7, 11) is 1.40. The molecule has 166 valence electrons. The minimum absolute atomic E-state index is 0.0341. The van der Waals surface area contributed by atoms with Crippen LogP contribution >= 0.6 is 34.5 Å². The zero-order valence-corrected chi connectivity index (χ0v) is 20.3. The van der Waals surface area contributed by atoms with Crippen molar-refractivity contribution in [3.8, 4) is 5.75 Å². The second-order valence-electron chi connectivity index (χ2n) is 6.99. The normalized spacial score (nSPS) is 11.8. The van der Waals surface area contributed by atoms with E-state index in [9.17, 15) is 13.2 Å². The van der Waals surface area contributed by atoms with Gasteiger partial charge in [0.2, 0.25) is 5.91 Å². The molecule has 0 aliphatic heterocycles. The monoisotopic (exact) mass is 501 g/mol. The third kappa shape index (κ3) is 5.48. The molecule has 1 heterocycles. The van der Waals surface area contributed by atoms with E-state index in [-0.39, 0.29) is 11.4 Å². The van der Waals surface area contributed by atoms with E-state index >= 15 is 0 Å². The highest BCUT2D eigenvalue weighted by molar-refractivity contribution is 7.92. The topological polar surface area (TPSA) is 79.8 Å². The van der Waals surface area contributed by atoms with Gasteiger partial charge in [-0.25, -0.2) is 13.4 Å². The van der Waals surface area contributed by atoms with Gasteiger partial charge in [0.15, 0.2) is 15.0 Å².